The Morgan fingerprint density at radius 1 is 1.56 bits per heavy atom. The summed E-state index contributed by atoms with van der Waals surface area (Å²) in [6.45, 7) is 5.10. The molecule has 0 bridgehead atoms. The monoisotopic (exact) mass is 248 g/mol. The molecule has 1 aromatic heterocycles. The van der Waals surface area contributed by atoms with Gasteiger partial charge in [-0.3, -0.25) is 10.3 Å². The van der Waals surface area contributed by atoms with Crippen LogP contribution in [0.3, 0.4) is 0 Å². The Bertz CT molecular complexity index is 481. The van der Waals surface area contributed by atoms with Gasteiger partial charge in [-0.15, -0.1) is 0 Å². The second-order valence-electron chi connectivity index (χ2n) is 4.51. The van der Waals surface area contributed by atoms with Gasteiger partial charge in [0, 0.05) is 6.20 Å². The van der Waals surface area contributed by atoms with E-state index in [1.807, 2.05) is 0 Å². The van der Waals surface area contributed by atoms with Crippen molar-refractivity contribution in [2.24, 2.45) is 0 Å². The average Bonchev–Trinajstić information content (AvgIpc) is 2.25. The van der Waals surface area contributed by atoms with E-state index in [2.05, 4.69) is 22.1 Å². The van der Waals surface area contributed by atoms with Crippen LogP contribution in [0.25, 0.3) is 0 Å². The maximum atomic E-state index is 11.6. The summed E-state index contributed by atoms with van der Waals surface area (Å²) in [6, 6.07) is 1.65. The second-order valence-corrected chi connectivity index (χ2v) is 4.51. The van der Waals surface area contributed by atoms with E-state index in [4.69, 9.17) is 9.84 Å². The Balaban J connectivity index is 2.81. The lowest BCUT2D eigenvalue weighted by molar-refractivity contribution is 0.0636. The van der Waals surface area contributed by atoms with Gasteiger partial charge in [0.05, 0.1) is 17.4 Å². The molecule has 5 heteroatoms. The van der Waals surface area contributed by atoms with E-state index < -0.39 is 11.7 Å². The van der Waals surface area contributed by atoms with Gasteiger partial charge in [0.25, 0.3) is 0 Å². The quantitative estimate of drug-likeness (QED) is 0.743. The van der Waals surface area contributed by atoms with Crippen LogP contribution in [-0.4, -0.2) is 28.4 Å². The highest BCUT2D eigenvalue weighted by Crippen LogP contribution is 2.14. The number of hydrogen-bond acceptors (Lipinski definition) is 4. The lowest BCUT2D eigenvalue weighted by Crippen LogP contribution is -2.27. The summed E-state index contributed by atoms with van der Waals surface area (Å²) < 4.78 is 5.13. The van der Waals surface area contributed by atoms with E-state index in [1.165, 1.54) is 6.20 Å². The Kier molecular flexibility index (Phi) is 4.69. The summed E-state index contributed by atoms with van der Waals surface area (Å²) in [5.74, 6) is 5.23. The van der Waals surface area contributed by atoms with E-state index in [9.17, 15) is 4.79 Å². The maximum Gasteiger partial charge on any atom is 0.412 e. The van der Waals surface area contributed by atoms with Crippen LogP contribution < -0.4 is 5.32 Å². The molecule has 18 heavy (non-hydrogen) atoms. The van der Waals surface area contributed by atoms with Gasteiger partial charge in [0.1, 0.15) is 12.2 Å². The van der Waals surface area contributed by atoms with Gasteiger partial charge >= 0.3 is 6.09 Å². The van der Waals surface area contributed by atoms with Gasteiger partial charge in [-0.25, -0.2) is 4.79 Å². The van der Waals surface area contributed by atoms with Gasteiger partial charge in [-0.1, -0.05) is 11.8 Å². The second kappa shape index (κ2) is 6.03. The number of pyridine rings is 1. The fourth-order valence-electron chi connectivity index (χ4n) is 1.15. The Morgan fingerprint density at radius 2 is 2.28 bits per heavy atom. The zero-order chi connectivity index (χ0) is 13.6. The number of nitrogens with zero attached hydrogens (tertiary/aromatic N) is 1. The molecule has 0 aromatic carbocycles. The van der Waals surface area contributed by atoms with Crippen LogP contribution in [0.1, 0.15) is 26.3 Å². The topological polar surface area (TPSA) is 71.5 Å². The number of rotatable bonds is 1. The van der Waals surface area contributed by atoms with Crippen molar-refractivity contribution in [1.29, 1.82) is 0 Å². The van der Waals surface area contributed by atoms with E-state index in [-0.39, 0.29) is 6.61 Å². The molecule has 0 saturated heterocycles. The molecule has 2 N–H and O–H groups in total. The number of carbonyl (C=O) groups excluding carboxylic acids is 1. The third kappa shape index (κ3) is 4.85. The molecule has 1 rings (SSSR count). The SMILES string of the molecule is CC(C)(C)OC(=O)Nc1cnccc1C#CCO. The molecule has 0 radical (unpaired) electrons. The number of aliphatic hydroxyl groups excluding tert-OH is 1. The van der Waals surface area contributed by atoms with Crippen LogP contribution in [0.5, 0.6) is 0 Å². The van der Waals surface area contributed by atoms with Crippen molar-refractivity contribution < 1.29 is 14.6 Å². The van der Waals surface area contributed by atoms with E-state index in [1.54, 1.807) is 33.0 Å². The third-order valence-corrected chi connectivity index (χ3v) is 1.76. The highest BCUT2D eigenvalue weighted by molar-refractivity contribution is 5.86. The number of aliphatic hydroxyl groups is 1. The molecular formula is C13H16N2O3. The summed E-state index contributed by atoms with van der Waals surface area (Å²) in [7, 11) is 0. The summed E-state index contributed by atoms with van der Waals surface area (Å²) in [5, 5.41) is 11.2. The van der Waals surface area contributed by atoms with Crippen molar-refractivity contribution in [2.45, 2.75) is 26.4 Å². The minimum atomic E-state index is -0.567. The van der Waals surface area contributed by atoms with Gasteiger partial charge in [-0.05, 0) is 26.8 Å². The van der Waals surface area contributed by atoms with Gasteiger partial charge in [0.15, 0.2) is 0 Å². The summed E-state index contributed by atoms with van der Waals surface area (Å²) in [6.07, 6.45) is 2.47. The number of anilines is 1. The molecule has 5 nitrogen and oxygen atoms in total. The van der Waals surface area contributed by atoms with Gasteiger partial charge < -0.3 is 9.84 Å². The first kappa shape index (κ1) is 14.0. The first-order valence-electron chi connectivity index (χ1n) is 5.46. The molecule has 0 atom stereocenters. The fourth-order valence-corrected chi connectivity index (χ4v) is 1.15. The highest BCUT2D eigenvalue weighted by Gasteiger charge is 2.16. The van der Waals surface area contributed by atoms with Crippen molar-refractivity contribution in [2.75, 3.05) is 11.9 Å². The Morgan fingerprint density at radius 3 is 2.89 bits per heavy atom. The molecule has 96 valence electrons. The first-order chi connectivity index (χ1) is 8.42. The highest BCUT2D eigenvalue weighted by atomic mass is 16.6. The van der Waals surface area contributed by atoms with Gasteiger partial charge in [-0.2, -0.15) is 0 Å². The molecule has 1 heterocycles. The van der Waals surface area contributed by atoms with E-state index in [0.717, 1.165) is 0 Å². The molecule has 0 saturated carbocycles. The third-order valence-electron chi connectivity index (χ3n) is 1.76. The predicted octanol–water partition coefficient (Wildman–Crippen LogP) is 1.77. The summed E-state index contributed by atoms with van der Waals surface area (Å²) in [5.41, 5.74) is 0.459. The van der Waals surface area contributed by atoms with Crippen LogP contribution in [-0.2, 0) is 4.74 Å². The molecular weight excluding hydrogens is 232 g/mol. The smallest absolute Gasteiger partial charge is 0.412 e. The number of amides is 1. The normalized spacial score (nSPS) is 10.2. The van der Waals surface area contributed by atoms with Crippen molar-refractivity contribution in [3.63, 3.8) is 0 Å². The van der Waals surface area contributed by atoms with Crippen molar-refractivity contribution in [3.05, 3.63) is 24.0 Å². The molecule has 0 aliphatic rings. The molecule has 0 aliphatic carbocycles. The maximum absolute atomic E-state index is 11.6. The Hall–Kier alpha value is -2.06. The first-order valence-corrected chi connectivity index (χ1v) is 5.46. The van der Waals surface area contributed by atoms with Crippen LogP contribution >= 0.6 is 0 Å². The number of ether oxygens (including phenoxy) is 1. The van der Waals surface area contributed by atoms with Crippen molar-refractivity contribution in [1.82, 2.24) is 4.98 Å². The summed E-state index contributed by atoms with van der Waals surface area (Å²) in [4.78, 5) is 15.5. The number of nitrogens with one attached hydrogen (secondary N) is 1. The van der Waals surface area contributed by atoms with Crippen LogP contribution in [0.4, 0.5) is 10.5 Å². The van der Waals surface area contributed by atoms with Crippen LogP contribution in [0, 0.1) is 11.8 Å². The van der Waals surface area contributed by atoms with E-state index in [0.29, 0.717) is 11.3 Å². The van der Waals surface area contributed by atoms with Crippen LogP contribution in [0.2, 0.25) is 0 Å². The molecule has 0 spiro atoms. The largest absolute Gasteiger partial charge is 0.444 e. The Labute approximate surface area is 106 Å². The zero-order valence-electron chi connectivity index (χ0n) is 10.7. The minimum absolute atomic E-state index is 0.242. The minimum Gasteiger partial charge on any atom is -0.444 e. The fraction of sp³-hybridized carbons (Fsp3) is 0.385. The molecule has 0 aliphatic heterocycles. The number of carbonyl (C=O) groups is 1. The number of aromatic nitrogens is 1. The van der Waals surface area contributed by atoms with Crippen LogP contribution in [0.15, 0.2) is 18.5 Å². The summed E-state index contributed by atoms with van der Waals surface area (Å²) >= 11 is 0. The number of hydrogen-bond donors (Lipinski definition) is 2. The molecule has 1 aromatic rings. The zero-order valence-corrected chi connectivity index (χ0v) is 10.7. The van der Waals surface area contributed by atoms with E-state index >= 15 is 0 Å². The lowest BCUT2D eigenvalue weighted by Gasteiger charge is -2.19. The van der Waals surface area contributed by atoms with Gasteiger partial charge in [0.2, 0.25) is 0 Å². The average molecular weight is 248 g/mol. The standard InChI is InChI=1S/C13H16N2O3/c1-13(2,3)18-12(17)15-11-9-14-7-6-10(11)5-4-8-16/h6-7,9,16H,8H2,1-3H3,(H,15,17). The van der Waals surface area contributed by atoms with Crippen molar-refractivity contribution in [3.8, 4) is 11.8 Å². The lowest BCUT2D eigenvalue weighted by atomic mass is 10.2. The molecule has 1 amide bonds. The van der Waals surface area contributed by atoms with Crippen molar-refractivity contribution >= 4 is 11.8 Å². The predicted molar refractivity (Wildman–Crippen MR) is 68.1 cm³/mol. The molecule has 0 unspecified atom stereocenters. The molecule has 0 fully saturated rings.